The SMILES string of the molecule is COCCOCCNC(=O)c1ccsc1. The standard InChI is InChI=1S/C10H15NO3S/c1-13-5-6-14-4-3-11-10(12)9-2-7-15-8-9/h2,7-8H,3-6H2,1H3,(H,11,12). The predicted molar refractivity (Wildman–Crippen MR) is 59.3 cm³/mol. The molecule has 0 spiro atoms. The Kier molecular flexibility index (Phi) is 5.99. The Balaban J connectivity index is 2.03. The molecule has 1 rings (SSSR count). The molecular weight excluding hydrogens is 214 g/mol. The van der Waals surface area contributed by atoms with Gasteiger partial charge in [-0.25, -0.2) is 0 Å². The number of thiophene rings is 1. The lowest BCUT2D eigenvalue weighted by Gasteiger charge is -2.04. The molecule has 0 aliphatic carbocycles. The van der Waals surface area contributed by atoms with Gasteiger partial charge in [0.25, 0.3) is 5.91 Å². The van der Waals surface area contributed by atoms with Crippen LogP contribution < -0.4 is 5.32 Å². The lowest BCUT2D eigenvalue weighted by molar-refractivity contribution is 0.0693. The van der Waals surface area contributed by atoms with Crippen molar-refractivity contribution in [2.24, 2.45) is 0 Å². The minimum Gasteiger partial charge on any atom is -0.382 e. The van der Waals surface area contributed by atoms with Crippen molar-refractivity contribution < 1.29 is 14.3 Å². The Morgan fingerprint density at radius 2 is 2.33 bits per heavy atom. The zero-order valence-corrected chi connectivity index (χ0v) is 9.51. The highest BCUT2D eigenvalue weighted by molar-refractivity contribution is 7.08. The molecule has 0 bridgehead atoms. The molecule has 0 aliphatic heterocycles. The molecule has 0 saturated carbocycles. The summed E-state index contributed by atoms with van der Waals surface area (Å²) < 4.78 is 10.0. The number of methoxy groups -OCH3 is 1. The molecule has 0 unspecified atom stereocenters. The van der Waals surface area contributed by atoms with Crippen LogP contribution in [0.15, 0.2) is 16.8 Å². The summed E-state index contributed by atoms with van der Waals surface area (Å²) in [5, 5.41) is 6.46. The van der Waals surface area contributed by atoms with E-state index in [4.69, 9.17) is 9.47 Å². The van der Waals surface area contributed by atoms with Gasteiger partial charge < -0.3 is 14.8 Å². The maximum absolute atomic E-state index is 11.4. The van der Waals surface area contributed by atoms with Gasteiger partial charge in [0.05, 0.1) is 19.8 Å². The Bertz CT molecular complexity index is 274. The molecule has 1 aromatic rings. The van der Waals surface area contributed by atoms with E-state index < -0.39 is 0 Å². The zero-order chi connectivity index (χ0) is 10.9. The summed E-state index contributed by atoms with van der Waals surface area (Å²) in [5.74, 6) is -0.0495. The highest BCUT2D eigenvalue weighted by Crippen LogP contribution is 2.04. The van der Waals surface area contributed by atoms with E-state index in [0.29, 0.717) is 31.9 Å². The molecule has 0 fully saturated rings. The third-order valence-corrected chi connectivity index (χ3v) is 2.43. The highest BCUT2D eigenvalue weighted by atomic mass is 32.1. The average Bonchev–Trinajstić information content (AvgIpc) is 2.76. The predicted octanol–water partition coefficient (Wildman–Crippen LogP) is 1.14. The van der Waals surface area contributed by atoms with E-state index in [0.717, 1.165) is 0 Å². The molecular formula is C10H15NO3S. The van der Waals surface area contributed by atoms with Gasteiger partial charge in [-0.05, 0) is 11.4 Å². The molecule has 84 valence electrons. The number of nitrogens with one attached hydrogen (secondary N) is 1. The van der Waals surface area contributed by atoms with Gasteiger partial charge in [0.1, 0.15) is 0 Å². The van der Waals surface area contributed by atoms with Crippen LogP contribution >= 0.6 is 11.3 Å². The lowest BCUT2D eigenvalue weighted by atomic mass is 10.3. The molecule has 4 nitrogen and oxygen atoms in total. The summed E-state index contributed by atoms with van der Waals surface area (Å²) in [6.07, 6.45) is 0. The fourth-order valence-electron chi connectivity index (χ4n) is 0.977. The summed E-state index contributed by atoms with van der Waals surface area (Å²) in [6.45, 7) is 2.18. The number of hydrogen-bond acceptors (Lipinski definition) is 4. The van der Waals surface area contributed by atoms with Gasteiger partial charge in [0.15, 0.2) is 0 Å². The molecule has 0 radical (unpaired) electrons. The Morgan fingerprint density at radius 3 is 3.00 bits per heavy atom. The second kappa shape index (κ2) is 7.39. The Labute approximate surface area is 93.2 Å². The topological polar surface area (TPSA) is 47.6 Å². The van der Waals surface area contributed by atoms with Crippen LogP contribution in [0.25, 0.3) is 0 Å². The van der Waals surface area contributed by atoms with Crippen molar-refractivity contribution in [1.29, 1.82) is 0 Å². The average molecular weight is 229 g/mol. The number of ether oxygens (including phenoxy) is 2. The first-order valence-corrected chi connectivity index (χ1v) is 5.66. The van der Waals surface area contributed by atoms with Crippen LogP contribution in [0.5, 0.6) is 0 Å². The number of hydrogen-bond donors (Lipinski definition) is 1. The summed E-state index contributed by atoms with van der Waals surface area (Å²) in [4.78, 5) is 11.4. The number of rotatable bonds is 7. The van der Waals surface area contributed by atoms with Crippen molar-refractivity contribution in [3.8, 4) is 0 Å². The number of carbonyl (C=O) groups excluding carboxylic acids is 1. The van der Waals surface area contributed by atoms with E-state index in [-0.39, 0.29) is 5.91 Å². The van der Waals surface area contributed by atoms with Gasteiger partial charge in [-0.2, -0.15) is 11.3 Å². The lowest BCUT2D eigenvalue weighted by Crippen LogP contribution is -2.27. The normalized spacial score (nSPS) is 10.2. The Morgan fingerprint density at radius 1 is 1.47 bits per heavy atom. The van der Waals surface area contributed by atoms with E-state index in [1.165, 1.54) is 11.3 Å². The van der Waals surface area contributed by atoms with Crippen molar-refractivity contribution in [2.45, 2.75) is 0 Å². The van der Waals surface area contributed by atoms with Crippen LogP contribution in [0.3, 0.4) is 0 Å². The van der Waals surface area contributed by atoms with Gasteiger partial charge in [0, 0.05) is 24.6 Å². The van der Waals surface area contributed by atoms with Crippen LogP contribution in [0.4, 0.5) is 0 Å². The molecule has 1 amide bonds. The molecule has 1 aromatic heterocycles. The fraction of sp³-hybridized carbons (Fsp3) is 0.500. The van der Waals surface area contributed by atoms with E-state index in [1.54, 1.807) is 13.2 Å². The minimum atomic E-state index is -0.0495. The third-order valence-electron chi connectivity index (χ3n) is 1.75. The van der Waals surface area contributed by atoms with Crippen molar-refractivity contribution in [3.05, 3.63) is 22.4 Å². The van der Waals surface area contributed by atoms with Crippen molar-refractivity contribution in [2.75, 3.05) is 33.5 Å². The van der Waals surface area contributed by atoms with Crippen LogP contribution in [0, 0.1) is 0 Å². The van der Waals surface area contributed by atoms with Gasteiger partial charge in [0.2, 0.25) is 0 Å². The van der Waals surface area contributed by atoms with Crippen LogP contribution in [-0.4, -0.2) is 39.4 Å². The van der Waals surface area contributed by atoms with E-state index in [2.05, 4.69) is 5.32 Å². The van der Waals surface area contributed by atoms with Crippen LogP contribution in [0.2, 0.25) is 0 Å². The molecule has 0 atom stereocenters. The Hall–Kier alpha value is -0.910. The highest BCUT2D eigenvalue weighted by Gasteiger charge is 2.03. The zero-order valence-electron chi connectivity index (χ0n) is 8.69. The van der Waals surface area contributed by atoms with Crippen LogP contribution in [-0.2, 0) is 9.47 Å². The second-order valence-corrected chi connectivity index (χ2v) is 3.65. The first-order valence-electron chi connectivity index (χ1n) is 4.71. The molecule has 1 heterocycles. The van der Waals surface area contributed by atoms with Crippen molar-refractivity contribution in [1.82, 2.24) is 5.32 Å². The first-order chi connectivity index (χ1) is 7.34. The first kappa shape index (κ1) is 12.2. The minimum absolute atomic E-state index is 0.0495. The van der Waals surface area contributed by atoms with Gasteiger partial charge in [-0.15, -0.1) is 0 Å². The van der Waals surface area contributed by atoms with E-state index in [9.17, 15) is 4.79 Å². The van der Waals surface area contributed by atoms with Gasteiger partial charge in [-0.3, -0.25) is 4.79 Å². The fourth-order valence-corrected chi connectivity index (χ4v) is 1.61. The summed E-state index contributed by atoms with van der Waals surface area (Å²) >= 11 is 1.51. The molecule has 0 aliphatic rings. The molecule has 15 heavy (non-hydrogen) atoms. The van der Waals surface area contributed by atoms with E-state index in [1.807, 2.05) is 10.8 Å². The molecule has 5 heteroatoms. The second-order valence-electron chi connectivity index (χ2n) is 2.87. The van der Waals surface area contributed by atoms with Crippen LogP contribution in [0.1, 0.15) is 10.4 Å². The molecule has 0 aromatic carbocycles. The van der Waals surface area contributed by atoms with Crippen molar-refractivity contribution in [3.63, 3.8) is 0 Å². The summed E-state index contributed by atoms with van der Waals surface area (Å²) in [7, 11) is 1.63. The smallest absolute Gasteiger partial charge is 0.252 e. The summed E-state index contributed by atoms with van der Waals surface area (Å²) in [6, 6.07) is 1.80. The number of carbonyl (C=O) groups is 1. The number of amides is 1. The van der Waals surface area contributed by atoms with E-state index >= 15 is 0 Å². The maximum atomic E-state index is 11.4. The molecule has 1 N–H and O–H groups in total. The van der Waals surface area contributed by atoms with Gasteiger partial charge in [-0.1, -0.05) is 0 Å². The molecule has 0 saturated heterocycles. The third kappa shape index (κ3) is 4.92. The monoisotopic (exact) mass is 229 g/mol. The quantitative estimate of drug-likeness (QED) is 0.713. The van der Waals surface area contributed by atoms with Gasteiger partial charge >= 0.3 is 0 Å². The maximum Gasteiger partial charge on any atom is 0.252 e. The van der Waals surface area contributed by atoms with Crippen molar-refractivity contribution >= 4 is 17.2 Å². The largest absolute Gasteiger partial charge is 0.382 e. The summed E-state index contributed by atoms with van der Waals surface area (Å²) in [5.41, 5.74) is 0.705.